The average molecular weight is 327 g/mol. The molecule has 0 atom stereocenters. The third-order valence-electron chi connectivity index (χ3n) is 2.94. The number of fused-ring (bicyclic) bond motifs is 1. The van der Waals surface area contributed by atoms with Crippen LogP contribution in [0.5, 0.6) is 0 Å². The summed E-state index contributed by atoms with van der Waals surface area (Å²) in [6.07, 6.45) is 2.92. The number of rotatable bonds is 4. The summed E-state index contributed by atoms with van der Waals surface area (Å²) in [5, 5.41) is 6.17. The van der Waals surface area contributed by atoms with Crippen molar-refractivity contribution in [2.75, 3.05) is 7.05 Å². The molecule has 110 valence electrons. The fourth-order valence-corrected chi connectivity index (χ4v) is 3.64. The monoisotopic (exact) mass is 326 g/mol. The Morgan fingerprint density at radius 1 is 1.43 bits per heavy atom. The van der Waals surface area contributed by atoms with E-state index in [1.54, 1.807) is 24.4 Å². The SMILES string of the molecule is CN(Cc1ncn[nH]1)S(=O)(=O)c1c(Cl)nc2ccccn12. The largest absolute Gasteiger partial charge is 0.288 e. The van der Waals surface area contributed by atoms with E-state index in [1.807, 2.05) is 0 Å². The van der Waals surface area contributed by atoms with Gasteiger partial charge in [-0.25, -0.2) is 18.4 Å². The fraction of sp³-hybridized carbons (Fsp3) is 0.182. The van der Waals surface area contributed by atoms with Gasteiger partial charge in [-0.15, -0.1) is 0 Å². The number of aromatic nitrogens is 5. The van der Waals surface area contributed by atoms with E-state index in [0.717, 1.165) is 4.31 Å². The molecule has 10 heteroatoms. The Bertz CT molecular complexity index is 873. The van der Waals surface area contributed by atoms with Crippen LogP contribution >= 0.6 is 11.6 Å². The average Bonchev–Trinajstić information content (AvgIpc) is 3.04. The fourth-order valence-electron chi connectivity index (χ4n) is 1.93. The second-order valence-electron chi connectivity index (χ2n) is 4.33. The molecule has 0 fully saturated rings. The number of pyridine rings is 1. The molecule has 0 saturated heterocycles. The Kier molecular flexibility index (Phi) is 3.40. The number of H-pyrrole nitrogens is 1. The molecule has 0 saturated carbocycles. The van der Waals surface area contributed by atoms with E-state index in [-0.39, 0.29) is 16.7 Å². The first-order valence-corrected chi connectivity index (χ1v) is 7.75. The second kappa shape index (κ2) is 5.10. The molecule has 0 aromatic carbocycles. The summed E-state index contributed by atoms with van der Waals surface area (Å²) >= 11 is 6.00. The van der Waals surface area contributed by atoms with Crippen molar-refractivity contribution in [2.24, 2.45) is 0 Å². The Balaban J connectivity index is 2.06. The molecule has 0 aliphatic carbocycles. The van der Waals surface area contributed by atoms with Crippen LogP contribution in [-0.4, -0.2) is 44.3 Å². The van der Waals surface area contributed by atoms with Gasteiger partial charge < -0.3 is 0 Å². The van der Waals surface area contributed by atoms with Gasteiger partial charge in [0.25, 0.3) is 10.0 Å². The van der Waals surface area contributed by atoms with Crippen LogP contribution in [0.1, 0.15) is 5.82 Å². The topological polar surface area (TPSA) is 96.2 Å². The normalized spacial score (nSPS) is 12.3. The first-order valence-electron chi connectivity index (χ1n) is 5.93. The number of aromatic amines is 1. The number of hydrogen-bond acceptors (Lipinski definition) is 5. The lowest BCUT2D eigenvalue weighted by molar-refractivity contribution is 0.454. The van der Waals surface area contributed by atoms with Crippen molar-refractivity contribution >= 4 is 27.3 Å². The van der Waals surface area contributed by atoms with E-state index in [0.29, 0.717) is 11.5 Å². The van der Waals surface area contributed by atoms with Gasteiger partial charge in [0.1, 0.15) is 17.8 Å². The van der Waals surface area contributed by atoms with Gasteiger partial charge in [0.05, 0.1) is 6.54 Å². The summed E-state index contributed by atoms with van der Waals surface area (Å²) in [7, 11) is -2.37. The zero-order valence-electron chi connectivity index (χ0n) is 10.9. The van der Waals surface area contributed by atoms with Crippen LogP contribution in [0.2, 0.25) is 5.15 Å². The Morgan fingerprint density at radius 3 is 2.95 bits per heavy atom. The molecule has 0 unspecified atom stereocenters. The summed E-state index contributed by atoms with van der Waals surface area (Å²) in [6.45, 7) is 0.0543. The minimum Gasteiger partial charge on any atom is -0.288 e. The van der Waals surface area contributed by atoms with Gasteiger partial charge in [-0.1, -0.05) is 17.7 Å². The minimum atomic E-state index is -3.81. The number of hydrogen-bond donors (Lipinski definition) is 1. The first-order chi connectivity index (χ1) is 10.00. The van der Waals surface area contributed by atoms with Crippen molar-refractivity contribution < 1.29 is 8.42 Å². The maximum Gasteiger partial charge on any atom is 0.262 e. The van der Waals surface area contributed by atoms with E-state index in [4.69, 9.17) is 11.6 Å². The highest BCUT2D eigenvalue weighted by atomic mass is 35.5. The zero-order chi connectivity index (χ0) is 15.0. The van der Waals surface area contributed by atoms with E-state index in [9.17, 15) is 8.42 Å². The van der Waals surface area contributed by atoms with Crippen molar-refractivity contribution in [3.8, 4) is 0 Å². The maximum atomic E-state index is 12.7. The van der Waals surface area contributed by atoms with Crippen molar-refractivity contribution in [1.82, 2.24) is 28.9 Å². The lowest BCUT2D eigenvalue weighted by Crippen LogP contribution is -2.28. The minimum absolute atomic E-state index is 0.0543. The van der Waals surface area contributed by atoms with Crippen LogP contribution in [0.3, 0.4) is 0 Å². The van der Waals surface area contributed by atoms with Crippen molar-refractivity contribution in [2.45, 2.75) is 11.6 Å². The first kappa shape index (κ1) is 14.0. The highest BCUT2D eigenvalue weighted by Crippen LogP contribution is 2.25. The van der Waals surface area contributed by atoms with E-state index in [2.05, 4.69) is 20.2 Å². The van der Waals surface area contributed by atoms with Gasteiger partial charge >= 0.3 is 0 Å². The number of nitrogens with zero attached hydrogens (tertiary/aromatic N) is 5. The third kappa shape index (κ3) is 2.39. The number of halogens is 1. The van der Waals surface area contributed by atoms with Gasteiger partial charge in [0, 0.05) is 13.2 Å². The molecule has 0 radical (unpaired) electrons. The molecule has 8 nitrogen and oxygen atoms in total. The molecule has 0 bridgehead atoms. The quantitative estimate of drug-likeness (QED) is 0.769. The van der Waals surface area contributed by atoms with Crippen LogP contribution in [0.25, 0.3) is 5.65 Å². The van der Waals surface area contributed by atoms with Crippen LogP contribution < -0.4 is 0 Å². The maximum absolute atomic E-state index is 12.7. The number of imidazole rings is 1. The summed E-state index contributed by atoms with van der Waals surface area (Å²) in [4.78, 5) is 7.95. The second-order valence-corrected chi connectivity index (χ2v) is 6.65. The summed E-state index contributed by atoms with van der Waals surface area (Å²) in [5.74, 6) is 0.436. The predicted octanol–water partition coefficient (Wildman–Crippen LogP) is 0.927. The van der Waals surface area contributed by atoms with Crippen LogP contribution in [0, 0.1) is 0 Å². The highest BCUT2D eigenvalue weighted by Gasteiger charge is 2.29. The molecule has 3 aromatic rings. The molecule has 3 rings (SSSR count). The van der Waals surface area contributed by atoms with Gasteiger partial charge in [0.2, 0.25) is 0 Å². The van der Waals surface area contributed by atoms with Crippen LogP contribution in [0.4, 0.5) is 0 Å². The third-order valence-corrected chi connectivity index (χ3v) is 5.14. The van der Waals surface area contributed by atoms with E-state index in [1.165, 1.54) is 17.8 Å². The van der Waals surface area contributed by atoms with E-state index >= 15 is 0 Å². The van der Waals surface area contributed by atoms with Crippen molar-refractivity contribution in [3.63, 3.8) is 0 Å². The van der Waals surface area contributed by atoms with Crippen molar-refractivity contribution in [1.29, 1.82) is 0 Å². The highest BCUT2D eigenvalue weighted by molar-refractivity contribution is 7.89. The molecule has 0 aliphatic heterocycles. The molecule has 0 aliphatic rings. The molecule has 0 amide bonds. The van der Waals surface area contributed by atoms with Gasteiger partial charge in [0.15, 0.2) is 10.2 Å². The predicted molar refractivity (Wildman–Crippen MR) is 75.2 cm³/mol. The van der Waals surface area contributed by atoms with Gasteiger partial charge in [-0.05, 0) is 12.1 Å². The summed E-state index contributed by atoms with van der Waals surface area (Å²) in [5.41, 5.74) is 0.467. The van der Waals surface area contributed by atoms with Gasteiger partial charge in [-0.2, -0.15) is 9.40 Å². The standard InChI is InChI=1S/C11H11ClN6O2S/c1-17(6-8-13-7-14-16-8)21(19,20)11-10(12)15-9-4-2-3-5-18(9)11/h2-5,7H,6H2,1H3,(H,13,14,16). The lowest BCUT2D eigenvalue weighted by Gasteiger charge is -2.15. The van der Waals surface area contributed by atoms with Gasteiger partial charge in [-0.3, -0.25) is 9.50 Å². The Labute approximate surface area is 125 Å². The zero-order valence-corrected chi connectivity index (χ0v) is 12.5. The van der Waals surface area contributed by atoms with Crippen LogP contribution in [-0.2, 0) is 16.6 Å². The lowest BCUT2D eigenvalue weighted by atomic mass is 10.5. The Morgan fingerprint density at radius 2 is 2.24 bits per heavy atom. The number of nitrogens with one attached hydrogen (secondary N) is 1. The molecule has 21 heavy (non-hydrogen) atoms. The molecular weight excluding hydrogens is 316 g/mol. The van der Waals surface area contributed by atoms with Crippen molar-refractivity contribution in [3.05, 3.63) is 41.7 Å². The molecule has 1 N–H and O–H groups in total. The molecular formula is C11H11ClN6O2S. The van der Waals surface area contributed by atoms with E-state index < -0.39 is 10.0 Å². The number of sulfonamides is 1. The summed E-state index contributed by atoms with van der Waals surface area (Å²) < 4.78 is 27.9. The molecule has 0 spiro atoms. The Hall–Kier alpha value is -1.97. The van der Waals surface area contributed by atoms with Crippen LogP contribution in [0.15, 0.2) is 35.7 Å². The summed E-state index contributed by atoms with van der Waals surface area (Å²) in [6, 6.07) is 5.15. The smallest absolute Gasteiger partial charge is 0.262 e. The molecule has 3 heterocycles. The molecule has 3 aromatic heterocycles.